The summed E-state index contributed by atoms with van der Waals surface area (Å²) in [6, 6.07) is 5.83. The van der Waals surface area contributed by atoms with E-state index in [1.54, 1.807) is 15.9 Å². The standard InChI is InChI=1S/C29H32FN4O7PS/c1-2-16-3-6-22(31-27(35)25-13-18-12-17(4-8-24(18)43-25)26(30)42(38,39)40)28(36)34-20(11-16)5-7-23(34)29(37)33-14-19(15-33)21-9-10-41-32-21/h2,4,8-10,12-13,16,19-20,22-23,26H,1,3,5-7,11,14-15H2,(H,31,35)(H2,38,39,40)/t16-,20-,22+,23+,26-/m1/s1. The van der Waals surface area contributed by atoms with Gasteiger partial charge in [0.2, 0.25) is 17.7 Å². The van der Waals surface area contributed by atoms with Crippen molar-refractivity contribution in [3.05, 3.63) is 65.4 Å². The fourth-order valence-electron chi connectivity index (χ4n) is 6.42. The predicted octanol–water partition coefficient (Wildman–Crippen LogP) is 4.11. The van der Waals surface area contributed by atoms with Crippen molar-refractivity contribution in [3.8, 4) is 0 Å². The molecule has 14 heteroatoms. The van der Waals surface area contributed by atoms with Crippen molar-refractivity contribution in [2.24, 2.45) is 5.92 Å². The molecule has 3 aromatic rings. The van der Waals surface area contributed by atoms with Crippen molar-refractivity contribution in [1.29, 1.82) is 0 Å². The molecule has 3 aliphatic heterocycles. The van der Waals surface area contributed by atoms with Crippen molar-refractivity contribution in [2.45, 2.75) is 62.1 Å². The maximum atomic E-state index is 14.3. The molecule has 2 aromatic heterocycles. The maximum absolute atomic E-state index is 14.3. The number of benzene rings is 1. The van der Waals surface area contributed by atoms with Crippen LogP contribution in [0.1, 0.15) is 64.9 Å². The molecule has 0 radical (unpaired) electrons. The van der Waals surface area contributed by atoms with E-state index in [2.05, 4.69) is 17.1 Å². The van der Waals surface area contributed by atoms with Gasteiger partial charge in [-0.2, -0.15) is 0 Å². The quantitative estimate of drug-likeness (QED) is 0.261. The van der Waals surface area contributed by atoms with E-state index in [1.165, 1.54) is 30.5 Å². The second-order valence-electron chi connectivity index (χ2n) is 11.5. The zero-order valence-electron chi connectivity index (χ0n) is 23.2. The predicted molar refractivity (Wildman–Crippen MR) is 156 cm³/mol. The molecule has 0 spiro atoms. The van der Waals surface area contributed by atoms with Crippen molar-refractivity contribution in [3.63, 3.8) is 0 Å². The first-order valence-electron chi connectivity index (χ1n) is 14.2. The minimum Gasteiger partial charge on any atom is -0.364 e. The van der Waals surface area contributed by atoms with Gasteiger partial charge in [-0.1, -0.05) is 17.3 Å². The molecule has 1 aromatic carbocycles. The fraction of sp³-hybridized carbons (Fsp3) is 0.448. The average Bonchev–Trinajstić information content (AvgIpc) is 3.71. The number of amides is 3. The number of hydrogen-bond acceptors (Lipinski definition) is 7. The minimum absolute atomic E-state index is 0.0989. The third-order valence-corrected chi connectivity index (χ3v) is 10.8. The molecule has 3 fully saturated rings. The maximum Gasteiger partial charge on any atom is 0.363 e. The van der Waals surface area contributed by atoms with Gasteiger partial charge in [-0.05, 0) is 67.2 Å². The van der Waals surface area contributed by atoms with Crippen LogP contribution in [0.25, 0.3) is 10.1 Å². The number of carbonyl (C=O) groups is 3. The molecule has 5 atom stereocenters. The summed E-state index contributed by atoms with van der Waals surface area (Å²) < 4.78 is 31.2. The summed E-state index contributed by atoms with van der Waals surface area (Å²) in [5, 5.41) is 7.31. The monoisotopic (exact) mass is 630 g/mol. The van der Waals surface area contributed by atoms with Gasteiger partial charge in [0.15, 0.2) is 0 Å². The molecule has 11 nitrogen and oxygen atoms in total. The summed E-state index contributed by atoms with van der Waals surface area (Å²) >= 11 is 1.13. The van der Waals surface area contributed by atoms with Gasteiger partial charge in [-0.3, -0.25) is 18.9 Å². The lowest BCUT2D eigenvalue weighted by Crippen LogP contribution is -2.60. The molecule has 3 saturated heterocycles. The summed E-state index contributed by atoms with van der Waals surface area (Å²) in [5.41, 5.74) is 0.623. The number of nitrogens with zero attached hydrogens (tertiary/aromatic N) is 3. The second-order valence-corrected chi connectivity index (χ2v) is 14.2. The first-order valence-corrected chi connectivity index (χ1v) is 16.7. The van der Waals surface area contributed by atoms with Crippen LogP contribution in [0, 0.1) is 5.92 Å². The van der Waals surface area contributed by atoms with E-state index >= 15 is 0 Å². The first-order chi connectivity index (χ1) is 20.5. The van der Waals surface area contributed by atoms with Gasteiger partial charge in [0.25, 0.3) is 5.91 Å². The molecular weight excluding hydrogens is 598 g/mol. The van der Waals surface area contributed by atoms with E-state index in [1.807, 2.05) is 6.08 Å². The van der Waals surface area contributed by atoms with E-state index in [0.717, 1.165) is 17.0 Å². The Bertz CT molecular complexity index is 1600. The smallest absolute Gasteiger partial charge is 0.363 e. The lowest BCUT2D eigenvalue weighted by Gasteiger charge is -2.43. The van der Waals surface area contributed by atoms with Crippen LogP contribution in [0.2, 0.25) is 0 Å². The Kier molecular flexibility index (Phi) is 8.01. The lowest BCUT2D eigenvalue weighted by atomic mass is 9.89. The van der Waals surface area contributed by atoms with Crippen LogP contribution in [0.15, 0.2) is 53.8 Å². The van der Waals surface area contributed by atoms with Crippen LogP contribution in [-0.2, 0) is 14.2 Å². The van der Waals surface area contributed by atoms with E-state index in [4.69, 9.17) is 4.52 Å². The van der Waals surface area contributed by atoms with Gasteiger partial charge >= 0.3 is 7.60 Å². The number of alkyl halides is 1. The van der Waals surface area contributed by atoms with E-state index in [9.17, 15) is 33.1 Å². The average molecular weight is 631 g/mol. The minimum atomic E-state index is -4.98. The second kappa shape index (κ2) is 11.6. The van der Waals surface area contributed by atoms with Gasteiger partial charge in [0.1, 0.15) is 18.3 Å². The van der Waals surface area contributed by atoms with Crippen molar-refractivity contribution < 1.29 is 37.6 Å². The molecule has 3 amide bonds. The summed E-state index contributed by atoms with van der Waals surface area (Å²) in [7, 11) is -4.98. The Labute approximate surface area is 250 Å². The van der Waals surface area contributed by atoms with Gasteiger partial charge in [0, 0.05) is 35.8 Å². The number of aromatic nitrogens is 1. The van der Waals surface area contributed by atoms with Crippen LogP contribution in [0.5, 0.6) is 0 Å². The van der Waals surface area contributed by atoms with E-state index in [-0.39, 0.29) is 40.1 Å². The summed E-state index contributed by atoms with van der Waals surface area (Å²) in [4.78, 5) is 63.1. The van der Waals surface area contributed by atoms with Gasteiger partial charge in [-0.25, -0.2) is 4.39 Å². The summed E-state index contributed by atoms with van der Waals surface area (Å²) in [6.07, 6.45) is 6.37. The van der Waals surface area contributed by atoms with Crippen molar-refractivity contribution in [2.75, 3.05) is 13.1 Å². The highest BCUT2D eigenvalue weighted by Crippen LogP contribution is 2.53. The topological polar surface area (TPSA) is 153 Å². The number of likely N-dealkylation sites (tertiary alicyclic amines) is 1. The molecule has 3 N–H and O–H groups in total. The van der Waals surface area contributed by atoms with Crippen molar-refractivity contribution in [1.82, 2.24) is 20.3 Å². The largest absolute Gasteiger partial charge is 0.364 e. The molecule has 5 heterocycles. The highest BCUT2D eigenvalue weighted by atomic mass is 32.1. The van der Waals surface area contributed by atoms with E-state index < -0.39 is 31.5 Å². The van der Waals surface area contributed by atoms with Crippen LogP contribution < -0.4 is 5.32 Å². The number of allylic oxidation sites excluding steroid dienone is 1. The zero-order chi connectivity index (χ0) is 30.5. The molecule has 0 saturated carbocycles. The van der Waals surface area contributed by atoms with Gasteiger partial charge in [-0.15, -0.1) is 17.9 Å². The van der Waals surface area contributed by atoms with Gasteiger partial charge < -0.3 is 29.4 Å². The summed E-state index contributed by atoms with van der Waals surface area (Å²) in [5.74, 6) is -3.10. The Morgan fingerprint density at radius 3 is 2.67 bits per heavy atom. The Balaban J connectivity index is 1.19. The molecular formula is C29H32FN4O7PS. The molecule has 3 aliphatic rings. The van der Waals surface area contributed by atoms with E-state index in [0.29, 0.717) is 55.3 Å². The fourth-order valence-corrected chi connectivity index (χ4v) is 7.92. The lowest BCUT2D eigenvalue weighted by molar-refractivity contribution is -0.150. The number of halogens is 1. The number of fused-ring (bicyclic) bond motifs is 2. The Morgan fingerprint density at radius 2 is 1.98 bits per heavy atom. The first kappa shape index (κ1) is 29.7. The van der Waals surface area contributed by atoms with Crippen LogP contribution >= 0.6 is 18.9 Å². The highest BCUT2D eigenvalue weighted by Gasteiger charge is 2.48. The highest BCUT2D eigenvalue weighted by molar-refractivity contribution is 7.51. The normalized spacial score (nSPS) is 25.5. The number of thiophene rings is 1. The molecule has 0 aliphatic carbocycles. The summed E-state index contributed by atoms with van der Waals surface area (Å²) in [6.45, 7) is 4.98. The third kappa shape index (κ3) is 5.78. The zero-order valence-corrected chi connectivity index (χ0v) is 24.9. The number of carbonyl (C=O) groups excluding carboxylic acids is 3. The third-order valence-electron chi connectivity index (χ3n) is 8.78. The number of hydrogen-bond donors (Lipinski definition) is 3. The Morgan fingerprint density at radius 1 is 1.19 bits per heavy atom. The molecule has 0 bridgehead atoms. The Hall–Kier alpha value is -3.38. The molecule has 228 valence electrons. The number of nitrogens with one attached hydrogen (secondary N) is 1. The van der Waals surface area contributed by atoms with Crippen LogP contribution in [-0.4, -0.2) is 73.7 Å². The van der Waals surface area contributed by atoms with Crippen molar-refractivity contribution >= 4 is 46.7 Å². The molecule has 6 rings (SSSR count). The van der Waals surface area contributed by atoms with Gasteiger partial charge in [0.05, 0.1) is 10.6 Å². The van der Waals surface area contributed by atoms with Crippen LogP contribution in [0.3, 0.4) is 0 Å². The molecule has 0 unspecified atom stereocenters. The van der Waals surface area contributed by atoms with Crippen LogP contribution in [0.4, 0.5) is 4.39 Å². The molecule has 43 heavy (non-hydrogen) atoms. The number of rotatable bonds is 7. The SMILES string of the molecule is C=C[C@@H]1CC[C@H](NC(=O)c2cc3cc([C@H](F)P(=O)(O)O)ccc3s2)C(=O)N2[C@H](CC[C@H]2C(=O)N2CC(c3ccon3)C2)C1.